The van der Waals surface area contributed by atoms with Crippen molar-refractivity contribution in [3.05, 3.63) is 24.3 Å². The van der Waals surface area contributed by atoms with Crippen molar-refractivity contribution in [2.45, 2.75) is 219 Å². The van der Waals surface area contributed by atoms with E-state index in [-0.39, 0.29) is 12.5 Å². The number of amides is 1. The lowest BCUT2D eigenvalue weighted by atomic mass is 10.0. The number of nitrogens with one attached hydrogen (secondary N) is 1. The third-order valence-electron chi connectivity index (χ3n) is 8.92. The molecule has 0 radical (unpaired) electrons. The Hall–Kier alpha value is -1.13. The van der Waals surface area contributed by atoms with E-state index >= 15 is 0 Å². The van der Waals surface area contributed by atoms with Crippen molar-refractivity contribution < 1.29 is 15.0 Å². The molecule has 0 aliphatic carbocycles. The van der Waals surface area contributed by atoms with E-state index in [0.29, 0.717) is 12.8 Å². The molecule has 0 unspecified atom stereocenters. The van der Waals surface area contributed by atoms with E-state index in [4.69, 9.17) is 0 Å². The van der Waals surface area contributed by atoms with Crippen molar-refractivity contribution >= 4 is 5.91 Å². The zero-order valence-corrected chi connectivity index (χ0v) is 29.7. The number of carbonyl (C=O) groups is 1. The second-order valence-electron chi connectivity index (χ2n) is 13.3. The van der Waals surface area contributed by atoms with Gasteiger partial charge in [0.15, 0.2) is 0 Å². The minimum absolute atomic E-state index is 0.0371. The Kier molecular flexibility index (Phi) is 35.4. The molecule has 0 aromatic rings. The Morgan fingerprint density at radius 1 is 0.523 bits per heavy atom. The summed E-state index contributed by atoms with van der Waals surface area (Å²) in [6.07, 6.45) is 45.2. The smallest absolute Gasteiger partial charge is 0.220 e. The van der Waals surface area contributed by atoms with Crippen LogP contribution in [0.3, 0.4) is 0 Å². The molecular formula is C40H77NO3. The average Bonchev–Trinajstić information content (AvgIpc) is 3.03. The molecule has 0 aliphatic rings. The van der Waals surface area contributed by atoms with Gasteiger partial charge in [-0.1, -0.05) is 167 Å². The van der Waals surface area contributed by atoms with E-state index in [1.807, 2.05) is 0 Å². The van der Waals surface area contributed by atoms with Crippen LogP contribution in [0.15, 0.2) is 24.3 Å². The fourth-order valence-corrected chi connectivity index (χ4v) is 5.89. The number of hydrogen-bond donors (Lipinski definition) is 3. The predicted octanol–water partition coefficient (Wildman–Crippen LogP) is 11.7. The quantitative estimate of drug-likeness (QED) is 0.0488. The van der Waals surface area contributed by atoms with Crippen molar-refractivity contribution in [3.63, 3.8) is 0 Å². The molecule has 4 heteroatoms. The molecule has 3 N–H and O–H groups in total. The third kappa shape index (κ3) is 32.3. The highest BCUT2D eigenvalue weighted by atomic mass is 16.3. The number of rotatable bonds is 35. The summed E-state index contributed by atoms with van der Waals surface area (Å²) in [5.74, 6) is -0.0371. The lowest BCUT2D eigenvalue weighted by Gasteiger charge is -2.22. The van der Waals surface area contributed by atoms with Crippen LogP contribution in [0.4, 0.5) is 0 Å². The van der Waals surface area contributed by atoms with Crippen LogP contribution < -0.4 is 5.32 Å². The Labute approximate surface area is 275 Å². The van der Waals surface area contributed by atoms with Crippen LogP contribution in [-0.4, -0.2) is 34.9 Å². The van der Waals surface area contributed by atoms with E-state index < -0.39 is 12.1 Å². The number of aliphatic hydroxyl groups excluding tert-OH is 2. The maximum Gasteiger partial charge on any atom is 0.220 e. The highest BCUT2D eigenvalue weighted by Gasteiger charge is 2.19. The molecule has 0 saturated heterocycles. The van der Waals surface area contributed by atoms with Crippen molar-refractivity contribution in [3.8, 4) is 0 Å². The van der Waals surface area contributed by atoms with Crippen molar-refractivity contribution in [2.75, 3.05) is 6.61 Å². The normalized spacial score (nSPS) is 13.3. The van der Waals surface area contributed by atoms with E-state index in [0.717, 1.165) is 25.7 Å². The summed E-state index contributed by atoms with van der Waals surface area (Å²) in [5.41, 5.74) is 0. The first-order valence-corrected chi connectivity index (χ1v) is 19.5. The minimum Gasteiger partial charge on any atom is -0.394 e. The topological polar surface area (TPSA) is 69.6 Å². The molecule has 0 bridgehead atoms. The summed E-state index contributed by atoms with van der Waals surface area (Å²) >= 11 is 0. The van der Waals surface area contributed by atoms with Crippen molar-refractivity contribution in [1.29, 1.82) is 0 Å². The molecule has 1 amide bonds. The molecule has 44 heavy (non-hydrogen) atoms. The molecule has 0 aliphatic heterocycles. The Morgan fingerprint density at radius 3 is 1.34 bits per heavy atom. The van der Waals surface area contributed by atoms with Crippen LogP contribution in [0.1, 0.15) is 206 Å². The second kappa shape index (κ2) is 36.3. The number of allylic oxidation sites excluding steroid dienone is 4. The lowest BCUT2D eigenvalue weighted by molar-refractivity contribution is -0.123. The molecule has 0 rings (SSSR count). The number of hydrogen-bond acceptors (Lipinski definition) is 3. The van der Waals surface area contributed by atoms with Gasteiger partial charge in [0.1, 0.15) is 0 Å². The molecule has 2 atom stereocenters. The van der Waals surface area contributed by atoms with E-state index in [2.05, 4.69) is 43.5 Å². The molecule has 0 fully saturated rings. The van der Waals surface area contributed by atoms with Gasteiger partial charge >= 0.3 is 0 Å². The summed E-state index contributed by atoms with van der Waals surface area (Å²) in [7, 11) is 0. The zero-order valence-electron chi connectivity index (χ0n) is 29.7. The summed E-state index contributed by atoms with van der Waals surface area (Å²) in [6, 6.07) is -0.537. The molecule has 0 heterocycles. The van der Waals surface area contributed by atoms with Crippen LogP contribution in [0.5, 0.6) is 0 Å². The van der Waals surface area contributed by atoms with E-state index in [1.165, 1.54) is 154 Å². The zero-order chi connectivity index (χ0) is 32.2. The maximum atomic E-state index is 12.3. The van der Waals surface area contributed by atoms with Crippen molar-refractivity contribution in [1.82, 2.24) is 5.32 Å². The standard InChI is InChI=1S/C40H77NO3/c1-3-5-7-9-11-13-15-17-18-19-20-21-22-24-26-28-30-32-34-36-40(44)41-38(37-42)39(43)35-33-31-29-27-25-23-16-14-12-10-8-6-4-2/h8,10,17-18,38-39,42-43H,3-7,9,11-16,19-37H2,1-2H3,(H,41,44)/b10-8-,18-17-/t38-,39+/m0/s1. The number of carbonyl (C=O) groups excluding carboxylic acids is 1. The van der Waals surface area contributed by atoms with Crippen LogP contribution >= 0.6 is 0 Å². The Balaban J connectivity index is 3.54. The fraction of sp³-hybridized carbons (Fsp3) is 0.875. The van der Waals surface area contributed by atoms with Gasteiger partial charge in [-0.25, -0.2) is 0 Å². The first-order valence-electron chi connectivity index (χ1n) is 19.5. The molecule has 260 valence electrons. The van der Waals surface area contributed by atoms with Crippen LogP contribution in [-0.2, 0) is 4.79 Å². The van der Waals surface area contributed by atoms with Gasteiger partial charge in [0.25, 0.3) is 0 Å². The van der Waals surface area contributed by atoms with Gasteiger partial charge in [-0.2, -0.15) is 0 Å². The molecule has 0 aromatic heterocycles. The Bertz CT molecular complexity index is 632. The molecule has 0 spiro atoms. The highest BCUT2D eigenvalue weighted by Crippen LogP contribution is 2.15. The van der Waals surface area contributed by atoms with E-state index in [1.54, 1.807) is 0 Å². The molecular weight excluding hydrogens is 542 g/mol. The largest absolute Gasteiger partial charge is 0.394 e. The first-order chi connectivity index (χ1) is 21.7. The van der Waals surface area contributed by atoms with Gasteiger partial charge in [0, 0.05) is 6.42 Å². The van der Waals surface area contributed by atoms with Crippen LogP contribution in [0, 0.1) is 0 Å². The van der Waals surface area contributed by atoms with Crippen molar-refractivity contribution in [2.24, 2.45) is 0 Å². The third-order valence-corrected chi connectivity index (χ3v) is 8.92. The minimum atomic E-state index is -0.661. The summed E-state index contributed by atoms with van der Waals surface area (Å²) in [5, 5.41) is 23.1. The first kappa shape index (κ1) is 42.9. The molecule has 0 aromatic carbocycles. The predicted molar refractivity (Wildman–Crippen MR) is 193 cm³/mol. The fourth-order valence-electron chi connectivity index (χ4n) is 5.89. The van der Waals surface area contributed by atoms with Crippen LogP contribution in [0.2, 0.25) is 0 Å². The maximum absolute atomic E-state index is 12.3. The van der Waals surface area contributed by atoms with Gasteiger partial charge < -0.3 is 15.5 Å². The van der Waals surface area contributed by atoms with Gasteiger partial charge in [0.2, 0.25) is 5.91 Å². The van der Waals surface area contributed by atoms with Crippen LogP contribution in [0.25, 0.3) is 0 Å². The van der Waals surface area contributed by atoms with Gasteiger partial charge in [-0.15, -0.1) is 0 Å². The average molecular weight is 620 g/mol. The second-order valence-corrected chi connectivity index (χ2v) is 13.3. The number of aliphatic hydroxyl groups is 2. The van der Waals surface area contributed by atoms with Gasteiger partial charge in [-0.3, -0.25) is 4.79 Å². The lowest BCUT2D eigenvalue weighted by Crippen LogP contribution is -2.45. The SMILES string of the molecule is CCC/C=C\CCCCCCCCCC[C@@H](O)[C@H](CO)NC(=O)CCCCCCCCCCC/C=C\CCCCCCCC. The molecule has 0 saturated carbocycles. The van der Waals surface area contributed by atoms with E-state index in [9.17, 15) is 15.0 Å². The summed E-state index contributed by atoms with van der Waals surface area (Å²) in [6.45, 7) is 4.30. The Morgan fingerprint density at radius 2 is 0.909 bits per heavy atom. The molecule has 4 nitrogen and oxygen atoms in total. The van der Waals surface area contributed by atoms with Gasteiger partial charge in [-0.05, 0) is 57.8 Å². The van der Waals surface area contributed by atoms with Gasteiger partial charge in [0.05, 0.1) is 18.8 Å². The summed E-state index contributed by atoms with van der Waals surface area (Å²) < 4.78 is 0. The summed E-state index contributed by atoms with van der Waals surface area (Å²) in [4.78, 5) is 12.3. The number of unbranched alkanes of at least 4 members (excludes halogenated alkanes) is 24. The highest BCUT2D eigenvalue weighted by molar-refractivity contribution is 5.76. The monoisotopic (exact) mass is 620 g/mol.